The van der Waals surface area contributed by atoms with E-state index in [1.807, 2.05) is 0 Å². The van der Waals surface area contributed by atoms with E-state index < -0.39 is 11.5 Å². The van der Waals surface area contributed by atoms with Crippen LogP contribution in [0.25, 0.3) is 0 Å². The summed E-state index contributed by atoms with van der Waals surface area (Å²) in [6.07, 6.45) is 8.46. The van der Waals surface area contributed by atoms with Gasteiger partial charge in [-0.05, 0) is 12.8 Å². The highest BCUT2D eigenvalue weighted by molar-refractivity contribution is 5.89. The highest BCUT2D eigenvalue weighted by atomic mass is 16.4. The molecule has 1 atom stereocenters. The summed E-state index contributed by atoms with van der Waals surface area (Å²) >= 11 is 0. The number of terminal acetylenes is 1. The number of carbonyl (C=O) groups excluding carboxylic acids is 1. The lowest BCUT2D eigenvalue weighted by atomic mass is 9.95. The molecule has 86 valence electrons. The average Bonchev–Trinajstić information content (AvgIpc) is 2.84. The predicted octanol–water partition coefficient (Wildman–Crippen LogP) is 0.865. The van der Waals surface area contributed by atoms with E-state index in [-0.39, 0.29) is 11.8 Å². The molecule has 0 radical (unpaired) electrons. The van der Waals surface area contributed by atoms with E-state index in [1.165, 1.54) is 4.90 Å². The first-order chi connectivity index (χ1) is 7.60. The summed E-state index contributed by atoms with van der Waals surface area (Å²) in [4.78, 5) is 24.7. The second-order valence-corrected chi connectivity index (χ2v) is 4.62. The van der Waals surface area contributed by atoms with Gasteiger partial charge in [-0.1, -0.05) is 12.8 Å². The number of likely N-dealkylation sites (tertiary alicyclic amines) is 1. The van der Waals surface area contributed by atoms with E-state index in [4.69, 9.17) is 6.42 Å². The quantitative estimate of drug-likeness (QED) is 0.704. The first-order valence-electron chi connectivity index (χ1n) is 5.60. The molecule has 1 unspecified atom stereocenters. The van der Waals surface area contributed by atoms with Crippen LogP contribution in [0.15, 0.2) is 0 Å². The highest BCUT2D eigenvalue weighted by Gasteiger charge is 2.51. The second-order valence-electron chi connectivity index (χ2n) is 4.62. The maximum absolute atomic E-state index is 11.8. The summed E-state index contributed by atoms with van der Waals surface area (Å²) in [5.74, 6) is 1.44. The fourth-order valence-electron chi connectivity index (χ4n) is 2.79. The molecule has 0 aromatic rings. The van der Waals surface area contributed by atoms with E-state index in [1.54, 1.807) is 0 Å². The summed E-state index contributed by atoms with van der Waals surface area (Å²) < 4.78 is 0. The van der Waals surface area contributed by atoms with Gasteiger partial charge in [0.05, 0.1) is 0 Å². The van der Waals surface area contributed by atoms with Crippen molar-refractivity contribution in [2.75, 3.05) is 6.54 Å². The molecule has 1 heterocycles. The van der Waals surface area contributed by atoms with Gasteiger partial charge in [-0.2, -0.15) is 0 Å². The Morgan fingerprint density at radius 2 is 2.12 bits per heavy atom. The first-order valence-corrected chi connectivity index (χ1v) is 5.60. The van der Waals surface area contributed by atoms with Crippen molar-refractivity contribution in [2.24, 2.45) is 5.92 Å². The molecule has 1 saturated carbocycles. The fourth-order valence-corrected chi connectivity index (χ4v) is 2.79. The molecule has 1 aliphatic heterocycles. The zero-order chi connectivity index (χ0) is 11.8. The van der Waals surface area contributed by atoms with Crippen LogP contribution in [-0.2, 0) is 9.59 Å². The molecular weight excluding hydrogens is 206 g/mol. The van der Waals surface area contributed by atoms with Crippen LogP contribution in [0.1, 0.15) is 32.1 Å². The van der Waals surface area contributed by atoms with Crippen LogP contribution in [0.2, 0.25) is 0 Å². The van der Waals surface area contributed by atoms with Gasteiger partial charge >= 0.3 is 5.97 Å². The molecule has 2 fully saturated rings. The third-order valence-electron chi connectivity index (χ3n) is 3.71. The summed E-state index contributed by atoms with van der Waals surface area (Å²) in [6, 6.07) is 0. The molecular formula is C12H15NO3. The van der Waals surface area contributed by atoms with Gasteiger partial charge in [0.1, 0.15) is 5.54 Å². The Labute approximate surface area is 94.6 Å². The predicted molar refractivity (Wildman–Crippen MR) is 57.5 cm³/mol. The van der Waals surface area contributed by atoms with Crippen LogP contribution < -0.4 is 0 Å². The minimum atomic E-state index is -0.970. The van der Waals surface area contributed by atoms with Gasteiger partial charge in [0, 0.05) is 18.9 Å². The lowest BCUT2D eigenvalue weighted by Gasteiger charge is -2.34. The molecule has 2 rings (SSSR count). The van der Waals surface area contributed by atoms with Crippen LogP contribution in [0.3, 0.4) is 0 Å². The normalized spacial score (nSPS) is 28.1. The molecule has 4 heteroatoms. The lowest BCUT2D eigenvalue weighted by molar-refractivity contribution is -0.156. The molecule has 0 bridgehead atoms. The van der Waals surface area contributed by atoms with Gasteiger partial charge in [0.25, 0.3) is 0 Å². The number of hydrogen-bond donors (Lipinski definition) is 1. The zero-order valence-electron chi connectivity index (χ0n) is 9.11. The van der Waals surface area contributed by atoms with Crippen LogP contribution in [0.5, 0.6) is 0 Å². The molecule has 16 heavy (non-hydrogen) atoms. The summed E-state index contributed by atoms with van der Waals surface area (Å²) in [6.45, 7) is 0.404. The third kappa shape index (κ3) is 1.47. The maximum Gasteiger partial charge on any atom is 0.329 e. The monoisotopic (exact) mass is 221 g/mol. The lowest BCUT2D eigenvalue weighted by Crippen LogP contribution is -2.53. The minimum absolute atomic E-state index is 0.104. The highest BCUT2D eigenvalue weighted by Crippen LogP contribution is 2.39. The summed E-state index contributed by atoms with van der Waals surface area (Å²) in [7, 11) is 0. The molecule has 1 saturated heterocycles. The topological polar surface area (TPSA) is 57.6 Å². The number of rotatable bonds is 2. The molecule has 4 nitrogen and oxygen atoms in total. The van der Waals surface area contributed by atoms with Crippen LogP contribution >= 0.6 is 0 Å². The van der Waals surface area contributed by atoms with Crippen molar-refractivity contribution >= 4 is 11.9 Å². The first kappa shape index (κ1) is 11.0. The van der Waals surface area contributed by atoms with E-state index >= 15 is 0 Å². The smallest absolute Gasteiger partial charge is 0.329 e. The van der Waals surface area contributed by atoms with Gasteiger partial charge < -0.3 is 10.0 Å². The molecule has 0 spiro atoms. The van der Waals surface area contributed by atoms with Crippen molar-refractivity contribution in [3.63, 3.8) is 0 Å². The summed E-state index contributed by atoms with van der Waals surface area (Å²) in [5, 5.41) is 9.36. The Balaban J connectivity index is 2.26. The third-order valence-corrected chi connectivity index (χ3v) is 3.71. The number of hydrogen-bond acceptors (Lipinski definition) is 2. The van der Waals surface area contributed by atoms with E-state index in [0.717, 1.165) is 12.8 Å². The van der Waals surface area contributed by atoms with Crippen LogP contribution in [0.4, 0.5) is 0 Å². The van der Waals surface area contributed by atoms with Gasteiger partial charge in [-0.25, -0.2) is 4.79 Å². The second kappa shape index (κ2) is 3.82. The van der Waals surface area contributed by atoms with Crippen molar-refractivity contribution in [3.05, 3.63) is 0 Å². The largest absolute Gasteiger partial charge is 0.479 e. The molecule has 1 amide bonds. The number of aliphatic carboxylic acids is 1. The van der Waals surface area contributed by atoms with Gasteiger partial charge in [-0.3, -0.25) is 4.79 Å². The zero-order valence-corrected chi connectivity index (χ0v) is 9.11. The fraction of sp³-hybridized carbons (Fsp3) is 0.667. The number of amides is 1. The van der Waals surface area contributed by atoms with Gasteiger partial charge in [0.2, 0.25) is 5.91 Å². The Morgan fingerprint density at radius 1 is 1.50 bits per heavy atom. The Morgan fingerprint density at radius 3 is 2.56 bits per heavy atom. The number of carboxylic acids is 1. The number of carbonyl (C=O) groups is 2. The standard InChI is InChI=1S/C12H15NO3/c1-2-9-7-10(14)13(8-9)12(11(15)16)5-3-4-6-12/h1,9H,3-8H2,(H,15,16). The van der Waals surface area contributed by atoms with Gasteiger partial charge in [-0.15, -0.1) is 12.3 Å². The Bertz CT molecular complexity index is 363. The van der Waals surface area contributed by atoms with Crippen LogP contribution in [0, 0.1) is 18.3 Å². The molecule has 0 aromatic heterocycles. The van der Waals surface area contributed by atoms with Crippen molar-refractivity contribution in [1.29, 1.82) is 0 Å². The van der Waals surface area contributed by atoms with E-state index in [0.29, 0.717) is 25.8 Å². The SMILES string of the molecule is C#CC1CC(=O)N(C2(C(=O)O)CCCC2)C1. The summed E-state index contributed by atoms with van der Waals surface area (Å²) in [5.41, 5.74) is -0.970. The molecule has 1 aliphatic carbocycles. The molecule has 1 N–H and O–H groups in total. The van der Waals surface area contributed by atoms with Crippen molar-refractivity contribution in [2.45, 2.75) is 37.6 Å². The van der Waals surface area contributed by atoms with Crippen molar-refractivity contribution in [3.8, 4) is 12.3 Å². The van der Waals surface area contributed by atoms with Crippen LogP contribution in [-0.4, -0.2) is 34.0 Å². The molecule has 0 aromatic carbocycles. The maximum atomic E-state index is 11.8. The van der Waals surface area contributed by atoms with Crippen molar-refractivity contribution < 1.29 is 14.7 Å². The molecule has 2 aliphatic rings. The Hall–Kier alpha value is -1.50. The van der Waals surface area contributed by atoms with E-state index in [2.05, 4.69) is 5.92 Å². The van der Waals surface area contributed by atoms with E-state index in [9.17, 15) is 14.7 Å². The van der Waals surface area contributed by atoms with Crippen molar-refractivity contribution in [1.82, 2.24) is 4.90 Å². The number of nitrogens with zero attached hydrogens (tertiary/aromatic N) is 1. The average molecular weight is 221 g/mol. The minimum Gasteiger partial charge on any atom is -0.479 e. The van der Waals surface area contributed by atoms with Gasteiger partial charge in [0.15, 0.2) is 0 Å². The Kier molecular flexibility index (Phi) is 2.63. The number of carboxylic acid groups (broad SMARTS) is 1.